The van der Waals surface area contributed by atoms with Crippen LogP contribution in [0.1, 0.15) is 12.5 Å². The fourth-order valence-corrected chi connectivity index (χ4v) is 1.08. The number of ether oxygens (including phenoxy) is 1. The summed E-state index contributed by atoms with van der Waals surface area (Å²) in [4.78, 5) is 0. The van der Waals surface area contributed by atoms with Gasteiger partial charge in [-0.2, -0.15) is 0 Å². The Morgan fingerprint density at radius 2 is 2.23 bits per heavy atom. The molecule has 0 aliphatic carbocycles. The lowest BCUT2D eigenvalue weighted by Crippen LogP contribution is -1.94. The fourth-order valence-electron chi connectivity index (χ4n) is 0.907. The van der Waals surface area contributed by atoms with Gasteiger partial charge in [0, 0.05) is 0 Å². The molecule has 0 radical (unpaired) electrons. The van der Waals surface area contributed by atoms with Crippen LogP contribution in [-0.2, 0) is 0 Å². The highest BCUT2D eigenvalue weighted by Gasteiger charge is 1.99. The summed E-state index contributed by atoms with van der Waals surface area (Å²) in [6.07, 6.45) is 0. The SMILES string of the molecule is CC#CCOc1cc(C)ccc1Cl. The highest BCUT2D eigenvalue weighted by Crippen LogP contribution is 2.24. The minimum Gasteiger partial charge on any atom is -0.479 e. The molecule has 68 valence electrons. The maximum atomic E-state index is 5.90. The van der Waals surface area contributed by atoms with Crippen LogP contribution in [-0.4, -0.2) is 6.61 Å². The molecule has 0 atom stereocenters. The number of halogens is 1. The summed E-state index contributed by atoms with van der Waals surface area (Å²) in [7, 11) is 0. The van der Waals surface area contributed by atoms with Crippen molar-refractivity contribution in [2.75, 3.05) is 6.61 Å². The summed E-state index contributed by atoms with van der Waals surface area (Å²) in [5.74, 6) is 6.27. The van der Waals surface area contributed by atoms with Gasteiger partial charge < -0.3 is 4.74 Å². The maximum absolute atomic E-state index is 5.90. The number of hydrogen-bond donors (Lipinski definition) is 0. The van der Waals surface area contributed by atoms with Gasteiger partial charge in [0.05, 0.1) is 5.02 Å². The minimum atomic E-state index is 0.389. The first kappa shape index (κ1) is 9.95. The standard InChI is InChI=1S/C11H11ClO/c1-3-4-7-13-11-8-9(2)5-6-10(11)12/h5-6,8H,7H2,1-2H3. The molecule has 13 heavy (non-hydrogen) atoms. The second-order valence-corrected chi connectivity index (χ2v) is 3.06. The van der Waals surface area contributed by atoms with Crippen molar-refractivity contribution >= 4 is 11.6 Å². The maximum Gasteiger partial charge on any atom is 0.149 e. The van der Waals surface area contributed by atoms with E-state index in [0.29, 0.717) is 17.4 Å². The summed E-state index contributed by atoms with van der Waals surface area (Å²) >= 11 is 5.90. The van der Waals surface area contributed by atoms with E-state index in [-0.39, 0.29) is 0 Å². The van der Waals surface area contributed by atoms with Gasteiger partial charge in [0.2, 0.25) is 0 Å². The molecule has 0 aromatic heterocycles. The first-order chi connectivity index (χ1) is 6.24. The summed E-state index contributed by atoms with van der Waals surface area (Å²) in [5, 5.41) is 0.628. The number of benzene rings is 1. The summed E-state index contributed by atoms with van der Waals surface area (Å²) in [6.45, 7) is 4.16. The lowest BCUT2D eigenvalue weighted by molar-refractivity contribution is 0.370. The average molecular weight is 195 g/mol. The van der Waals surface area contributed by atoms with Crippen molar-refractivity contribution in [2.45, 2.75) is 13.8 Å². The van der Waals surface area contributed by atoms with Crippen LogP contribution in [0.4, 0.5) is 0 Å². The number of hydrogen-bond acceptors (Lipinski definition) is 1. The van der Waals surface area contributed by atoms with E-state index in [1.807, 2.05) is 25.1 Å². The quantitative estimate of drug-likeness (QED) is 0.658. The Bertz CT molecular complexity index is 347. The van der Waals surface area contributed by atoms with Crippen molar-refractivity contribution in [2.24, 2.45) is 0 Å². The van der Waals surface area contributed by atoms with Gasteiger partial charge in [0.15, 0.2) is 0 Å². The molecule has 1 rings (SSSR count). The normalized spacial score (nSPS) is 8.85. The highest BCUT2D eigenvalue weighted by molar-refractivity contribution is 6.32. The molecule has 0 unspecified atom stereocenters. The van der Waals surface area contributed by atoms with Crippen molar-refractivity contribution in [3.63, 3.8) is 0 Å². The van der Waals surface area contributed by atoms with Gasteiger partial charge in [0.1, 0.15) is 12.4 Å². The third-order valence-electron chi connectivity index (χ3n) is 1.56. The van der Waals surface area contributed by atoms with E-state index in [1.165, 1.54) is 0 Å². The molecule has 1 aromatic carbocycles. The van der Waals surface area contributed by atoms with E-state index in [0.717, 1.165) is 5.56 Å². The molecule has 0 aliphatic rings. The molecular weight excluding hydrogens is 184 g/mol. The Morgan fingerprint density at radius 1 is 1.46 bits per heavy atom. The molecule has 0 aliphatic heterocycles. The first-order valence-electron chi connectivity index (χ1n) is 4.02. The number of rotatable bonds is 2. The Balaban J connectivity index is 2.73. The van der Waals surface area contributed by atoms with Crippen LogP contribution >= 0.6 is 11.6 Å². The van der Waals surface area contributed by atoms with Gasteiger partial charge in [-0.15, -0.1) is 5.92 Å². The molecule has 2 heteroatoms. The van der Waals surface area contributed by atoms with Crippen LogP contribution in [0.5, 0.6) is 5.75 Å². The molecular formula is C11H11ClO. The second kappa shape index (κ2) is 4.79. The lowest BCUT2D eigenvalue weighted by Gasteiger charge is -2.04. The van der Waals surface area contributed by atoms with Gasteiger partial charge in [-0.25, -0.2) is 0 Å². The predicted octanol–water partition coefficient (Wildman–Crippen LogP) is 3.05. The first-order valence-corrected chi connectivity index (χ1v) is 4.40. The lowest BCUT2D eigenvalue weighted by atomic mass is 10.2. The molecule has 0 fully saturated rings. The zero-order valence-corrected chi connectivity index (χ0v) is 8.48. The molecule has 0 N–H and O–H groups in total. The van der Waals surface area contributed by atoms with Crippen LogP contribution in [0.3, 0.4) is 0 Å². The van der Waals surface area contributed by atoms with Crippen molar-refractivity contribution in [1.82, 2.24) is 0 Å². The van der Waals surface area contributed by atoms with Gasteiger partial charge >= 0.3 is 0 Å². The third kappa shape index (κ3) is 3.01. The molecule has 0 amide bonds. The van der Waals surface area contributed by atoms with Crippen molar-refractivity contribution < 1.29 is 4.74 Å². The molecule has 0 saturated heterocycles. The van der Waals surface area contributed by atoms with Gasteiger partial charge in [-0.05, 0) is 31.5 Å². The topological polar surface area (TPSA) is 9.23 Å². The molecule has 0 saturated carbocycles. The van der Waals surface area contributed by atoms with Crippen LogP contribution in [0.25, 0.3) is 0 Å². The summed E-state index contributed by atoms with van der Waals surface area (Å²) in [6, 6.07) is 5.67. The number of aryl methyl sites for hydroxylation is 1. The van der Waals surface area contributed by atoms with E-state index in [2.05, 4.69) is 11.8 Å². The van der Waals surface area contributed by atoms with Crippen molar-refractivity contribution in [1.29, 1.82) is 0 Å². The van der Waals surface area contributed by atoms with E-state index < -0.39 is 0 Å². The smallest absolute Gasteiger partial charge is 0.149 e. The van der Waals surface area contributed by atoms with Gasteiger partial charge in [-0.1, -0.05) is 23.6 Å². The molecule has 1 nitrogen and oxygen atoms in total. The third-order valence-corrected chi connectivity index (χ3v) is 1.88. The van der Waals surface area contributed by atoms with E-state index in [4.69, 9.17) is 16.3 Å². The van der Waals surface area contributed by atoms with E-state index in [9.17, 15) is 0 Å². The Morgan fingerprint density at radius 3 is 2.92 bits per heavy atom. The Hall–Kier alpha value is -1.13. The zero-order chi connectivity index (χ0) is 9.68. The monoisotopic (exact) mass is 194 g/mol. The average Bonchev–Trinajstić information content (AvgIpc) is 2.11. The van der Waals surface area contributed by atoms with Crippen molar-refractivity contribution in [3.05, 3.63) is 28.8 Å². The Labute approximate surface area is 83.7 Å². The van der Waals surface area contributed by atoms with Crippen LogP contribution < -0.4 is 4.74 Å². The minimum absolute atomic E-state index is 0.389. The van der Waals surface area contributed by atoms with E-state index >= 15 is 0 Å². The molecule has 1 aromatic rings. The molecule has 0 bridgehead atoms. The Kier molecular flexibility index (Phi) is 3.67. The molecule has 0 spiro atoms. The largest absolute Gasteiger partial charge is 0.479 e. The van der Waals surface area contributed by atoms with Gasteiger partial charge in [-0.3, -0.25) is 0 Å². The van der Waals surface area contributed by atoms with Crippen LogP contribution in [0.15, 0.2) is 18.2 Å². The second-order valence-electron chi connectivity index (χ2n) is 2.65. The zero-order valence-electron chi connectivity index (χ0n) is 7.73. The summed E-state index contributed by atoms with van der Waals surface area (Å²) < 4.78 is 5.35. The predicted molar refractivity (Wildman–Crippen MR) is 55.1 cm³/mol. The fraction of sp³-hybridized carbons (Fsp3) is 0.273. The van der Waals surface area contributed by atoms with Crippen LogP contribution in [0.2, 0.25) is 5.02 Å². The van der Waals surface area contributed by atoms with Gasteiger partial charge in [0.25, 0.3) is 0 Å². The highest BCUT2D eigenvalue weighted by atomic mass is 35.5. The summed E-state index contributed by atoms with van der Waals surface area (Å²) in [5.41, 5.74) is 1.13. The molecule has 0 heterocycles. The van der Waals surface area contributed by atoms with E-state index in [1.54, 1.807) is 6.92 Å². The van der Waals surface area contributed by atoms with Crippen molar-refractivity contribution in [3.8, 4) is 17.6 Å². The van der Waals surface area contributed by atoms with Crippen LogP contribution in [0, 0.1) is 18.8 Å².